The van der Waals surface area contributed by atoms with Crippen LogP contribution in [0.25, 0.3) is 0 Å². The van der Waals surface area contributed by atoms with Crippen LogP contribution < -0.4 is 9.80 Å². The van der Waals surface area contributed by atoms with Crippen molar-refractivity contribution in [1.29, 1.82) is 0 Å². The second kappa shape index (κ2) is 8.33. The van der Waals surface area contributed by atoms with Crippen LogP contribution in [0.5, 0.6) is 0 Å². The second-order valence-electron chi connectivity index (χ2n) is 6.56. The first kappa shape index (κ1) is 19.1. The molecule has 1 saturated heterocycles. The molecule has 0 radical (unpaired) electrons. The molecule has 1 amide bonds. The summed E-state index contributed by atoms with van der Waals surface area (Å²) in [6.07, 6.45) is 0. The van der Waals surface area contributed by atoms with Crippen LogP contribution in [0.4, 0.5) is 15.9 Å². The largest absolute Gasteiger partial charge is 0.366 e. The average molecular weight is 371 g/mol. The van der Waals surface area contributed by atoms with Crippen molar-refractivity contribution in [2.24, 2.45) is 0 Å². The molecule has 0 atom stereocenters. The normalized spacial score (nSPS) is 14.4. The van der Waals surface area contributed by atoms with Gasteiger partial charge in [-0.1, -0.05) is 12.1 Å². The Morgan fingerprint density at radius 3 is 2.41 bits per heavy atom. The van der Waals surface area contributed by atoms with Gasteiger partial charge < -0.3 is 14.7 Å². The third kappa shape index (κ3) is 4.18. The molecule has 144 valence electrons. The van der Waals surface area contributed by atoms with E-state index in [0.29, 0.717) is 43.4 Å². The molecule has 7 heteroatoms. The zero-order valence-corrected chi connectivity index (χ0v) is 16.2. The molecular formula is C20H26FN5O. The van der Waals surface area contributed by atoms with E-state index in [0.717, 1.165) is 18.9 Å². The van der Waals surface area contributed by atoms with E-state index in [4.69, 9.17) is 0 Å². The lowest BCUT2D eigenvalue weighted by Gasteiger charge is -2.36. The van der Waals surface area contributed by atoms with Crippen molar-refractivity contribution in [3.05, 3.63) is 47.7 Å². The third-order valence-corrected chi connectivity index (χ3v) is 4.89. The molecule has 0 N–H and O–H groups in total. The number of anilines is 2. The minimum atomic E-state index is -0.229. The summed E-state index contributed by atoms with van der Waals surface area (Å²) in [5, 5.41) is 0. The molecule has 0 bridgehead atoms. The summed E-state index contributed by atoms with van der Waals surface area (Å²) >= 11 is 0. The van der Waals surface area contributed by atoms with Crippen LogP contribution in [-0.4, -0.2) is 60.0 Å². The van der Waals surface area contributed by atoms with E-state index in [9.17, 15) is 9.18 Å². The molecule has 0 aliphatic carbocycles. The van der Waals surface area contributed by atoms with E-state index in [1.165, 1.54) is 6.07 Å². The summed E-state index contributed by atoms with van der Waals surface area (Å²) in [5.74, 6) is 1.04. The highest BCUT2D eigenvalue weighted by Crippen LogP contribution is 2.21. The van der Waals surface area contributed by atoms with Gasteiger partial charge in [-0.25, -0.2) is 14.4 Å². The van der Waals surface area contributed by atoms with Crippen molar-refractivity contribution in [3.8, 4) is 0 Å². The predicted molar refractivity (Wildman–Crippen MR) is 105 cm³/mol. The fourth-order valence-electron chi connectivity index (χ4n) is 3.39. The quantitative estimate of drug-likeness (QED) is 0.809. The van der Waals surface area contributed by atoms with Crippen molar-refractivity contribution in [1.82, 2.24) is 14.9 Å². The van der Waals surface area contributed by atoms with Gasteiger partial charge in [-0.2, -0.15) is 0 Å². The Kier molecular flexibility index (Phi) is 5.88. The molecule has 0 spiro atoms. The van der Waals surface area contributed by atoms with Crippen molar-refractivity contribution in [3.63, 3.8) is 0 Å². The lowest BCUT2D eigenvalue weighted by atomic mass is 10.2. The van der Waals surface area contributed by atoms with Crippen LogP contribution in [0.1, 0.15) is 30.2 Å². The maximum atomic E-state index is 14.0. The first-order chi connectivity index (χ1) is 13.0. The number of piperazine rings is 1. The average Bonchev–Trinajstić information content (AvgIpc) is 2.68. The highest BCUT2D eigenvalue weighted by atomic mass is 19.1. The molecule has 1 fully saturated rings. The first-order valence-corrected chi connectivity index (χ1v) is 9.42. The van der Waals surface area contributed by atoms with Crippen LogP contribution in [0.3, 0.4) is 0 Å². The van der Waals surface area contributed by atoms with Crippen LogP contribution in [0.15, 0.2) is 30.3 Å². The Morgan fingerprint density at radius 2 is 1.78 bits per heavy atom. The third-order valence-electron chi connectivity index (χ3n) is 4.89. The number of para-hydroxylation sites is 1. The van der Waals surface area contributed by atoms with Crippen molar-refractivity contribution < 1.29 is 9.18 Å². The molecular weight excluding hydrogens is 345 g/mol. The Bertz CT molecular complexity index is 801. The van der Waals surface area contributed by atoms with Gasteiger partial charge >= 0.3 is 0 Å². The smallest absolute Gasteiger partial charge is 0.272 e. The molecule has 1 aliphatic heterocycles. The van der Waals surface area contributed by atoms with E-state index >= 15 is 0 Å². The molecule has 3 rings (SSSR count). The number of halogens is 1. The number of hydrogen-bond donors (Lipinski definition) is 0. The van der Waals surface area contributed by atoms with Gasteiger partial charge in [0.05, 0.1) is 5.69 Å². The van der Waals surface area contributed by atoms with Gasteiger partial charge in [0.25, 0.3) is 5.91 Å². The van der Waals surface area contributed by atoms with Crippen LogP contribution in [0, 0.1) is 12.7 Å². The number of carbonyl (C=O) groups is 1. The summed E-state index contributed by atoms with van der Waals surface area (Å²) in [6.45, 7) is 9.84. The van der Waals surface area contributed by atoms with Crippen LogP contribution in [0.2, 0.25) is 0 Å². The van der Waals surface area contributed by atoms with E-state index in [1.807, 2.05) is 11.0 Å². The Balaban J connectivity index is 1.72. The zero-order chi connectivity index (χ0) is 19.4. The van der Waals surface area contributed by atoms with Gasteiger partial charge in [-0.15, -0.1) is 0 Å². The van der Waals surface area contributed by atoms with E-state index in [1.54, 1.807) is 30.0 Å². The van der Waals surface area contributed by atoms with E-state index in [-0.39, 0.29) is 11.7 Å². The zero-order valence-electron chi connectivity index (χ0n) is 16.2. The lowest BCUT2D eigenvalue weighted by molar-refractivity contribution is 0.0740. The molecule has 6 nitrogen and oxygen atoms in total. The van der Waals surface area contributed by atoms with Crippen molar-refractivity contribution in [2.75, 3.05) is 49.1 Å². The number of benzene rings is 1. The minimum absolute atomic E-state index is 0.0953. The first-order valence-electron chi connectivity index (χ1n) is 9.42. The highest BCUT2D eigenvalue weighted by molar-refractivity contribution is 5.93. The highest BCUT2D eigenvalue weighted by Gasteiger charge is 2.25. The maximum absolute atomic E-state index is 14.0. The number of carbonyl (C=O) groups excluding carboxylic acids is 1. The monoisotopic (exact) mass is 371 g/mol. The number of aromatic nitrogens is 2. The van der Waals surface area contributed by atoms with Crippen LogP contribution >= 0.6 is 0 Å². The lowest BCUT2D eigenvalue weighted by Crippen LogP contribution is -2.49. The van der Waals surface area contributed by atoms with Crippen molar-refractivity contribution in [2.45, 2.75) is 20.8 Å². The number of nitrogens with zero attached hydrogens (tertiary/aromatic N) is 5. The molecule has 27 heavy (non-hydrogen) atoms. The van der Waals surface area contributed by atoms with Gasteiger partial charge in [0.15, 0.2) is 0 Å². The second-order valence-corrected chi connectivity index (χ2v) is 6.56. The van der Waals surface area contributed by atoms with Gasteiger partial charge in [-0.05, 0) is 32.9 Å². The number of rotatable bonds is 5. The Labute approximate surface area is 159 Å². The summed E-state index contributed by atoms with van der Waals surface area (Å²) in [4.78, 5) is 27.6. The summed E-state index contributed by atoms with van der Waals surface area (Å²) in [6, 6.07) is 8.52. The fourth-order valence-corrected chi connectivity index (χ4v) is 3.39. The number of aryl methyl sites for hydroxylation is 1. The Morgan fingerprint density at radius 1 is 1.11 bits per heavy atom. The van der Waals surface area contributed by atoms with E-state index < -0.39 is 0 Å². The van der Waals surface area contributed by atoms with Gasteiger partial charge in [0.2, 0.25) is 0 Å². The SMILES string of the molecule is CCN(CC)c1cc(C(=O)N2CCN(c3ccccc3F)CC2)nc(C)n1. The standard InChI is InChI=1S/C20H26FN5O/c1-4-24(5-2)19-14-17(22-15(3)23-19)20(27)26-12-10-25(11-13-26)18-9-7-6-8-16(18)21/h6-9,14H,4-5,10-13H2,1-3H3. The summed E-state index contributed by atoms with van der Waals surface area (Å²) < 4.78 is 14.0. The molecule has 1 aromatic heterocycles. The van der Waals surface area contributed by atoms with Gasteiger partial charge in [-0.3, -0.25) is 4.79 Å². The molecule has 2 aromatic rings. The number of hydrogen-bond acceptors (Lipinski definition) is 5. The van der Waals surface area contributed by atoms with Crippen molar-refractivity contribution >= 4 is 17.4 Å². The molecule has 0 saturated carbocycles. The Hall–Kier alpha value is -2.70. The predicted octanol–water partition coefficient (Wildman–Crippen LogP) is 2.73. The van der Waals surface area contributed by atoms with Crippen LogP contribution in [-0.2, 0) is 0 Å². The molecule has 2 heterocycles. The molecule has 0 unspecified atom stereocenters. The van der Waals surface area contributed by atoms with Gasteiger partial charge in [0.1, 0.15) is 23.2 Å². The topological polar surface area (TPSA) is 52.6 Å². The van der Waals surface area contributed by atoms with E-state index in [2.05, 4.69) is 28.7 Å². The molecule has 1 aliphatic rings. The summed E-state index contributed by atoms with van der Waals surface area (Å²) in [5.41, 5.74) is 1.01. The number of amides is 1. The van der Waals surface area contributed by atoms with Gasteiger partial charge in [0, 0.05) is 45.3 Å². The summed E-state index contributed by atoms with van der Waals surface area (Å²) in [7, 11) is 0. The fraction of sp³-hybridized carbons (Fsp3) is 0.450. The molecule has 1 aromatic carbocycles. The minimum Gasteiger partial charge on any atom is -0.366 e. The maximum Gasteiger partial charge on any atom is 0.272 e.